The summed E-state index contributed by atoms with van der Waals surface area (Å²) in [6.45, 7) is 5.79. The third-order valence-corrected chi connectivity index (χ3v) is 6.50. The molecule has 1 saturated carbocycles. The van der Waals surface area contributed by atoms with Crippen LogP contribution in [0.5, 0.6) is 0 Å². The molecule has 7 heteroatoms. The first-order valence-corrected chi connectivity index (χ1v) is 10.7. The minimum atomic E-state index is 0.194. The molecule has 1 atom stereocenters. The van der Waals surface area contributed by atoms with E-state index in [0.717, 1.165) is 70.2 Å². The Morgan fingerprint density at radius 2 is 1.78 bits per heavy atom. The van der Waals surface area contributed by atoms with E-state index in [1.807, 2.05) is 0 Å². The molecule has 27 heavy (non-hydrogen) atoms. The van der Waals surface area contributed by atoms with Crippen molar-refractivity contribution in [1.29, 1.82) is 0 Å². The lowest BCUT2D eigenvalue weighted by atomic mass is 9.94. The van der Waals surface area contributed by atoms with Crippen LogP contribution in [0.3, 0.4) is 0 Å². The van der Waals surface area contributed by atoms with Gasteiger partial charge in [-0.2, -0.15) is 4.98 Å². The van der Waals surface area contributed by atoms with Crippen molar-refractivity contribution in [3.05, 3.63) is 11.7 Å². The van der Waals surface area contributed by atoms with Crippen LogP contribution in [0.2, 0.25) is 0 Å². The molecule has 1 amide bonds. The van der Waals surface area contributed by atoms with E-state index < -0.39 is 0 Å². The molecule has 0 aromatic carbocycles. The zero-order chi connectivity index (χ0) is 18.6. The van der Waals surface area contributed by atoms with Gasteiger partial charge in [0, 0.05) is 45.2 Å². The number of piperidine rings is 1. The molecule has 2 saturated heterocycles. The van der Waals surface area contributed by atoms with Crippen molar-refractivity contribution < 1.29 is 9.32 Å². The maximum absolute atomic E-state index is 12.5. The Morgan fingerprint density at radius 1 is 1.04 bits per heavy atom. The smallest absolute Gasteiger partial charge is 0.231 e. The van der Waals surface area contributed by atoms with Gasteiger partial charge in [0.2, 0.25) is 11.8 Å². The summed E-state index contributed by atoms with van der Waals surface area (Å²) < 4.78 is 5.63. The number of piperazine rings is 1. The standard InChI is InChI=1S/C20H33N5O2/c1-23-10-12-24(13-11-23)15-18-21-20(27-22-18)16-8-9-19(26)25(14-16)17-6-4-2-3-5-7-17/h16-17H,2-15H2,1H3/t16-/m0/s1. The average Bonchev–Trinajstić information content (AvgIpc) is 2.97. The van der Waals surface area contributed by atoms with Crippen LogP contribution in [0, 0.1) is 0 Å². The molecule has 3 fully saturated rings. The molecule has 3 aliphatic rings. The summed E-state index contributed by atoms with van der Waals surface area (Å²) in [7, 11) is 2.16. The molecular weight excluding hydrogens is 342 g/mol. The third kappa shape index (κ3) is 4.69. The van der Waals surface area contributed by atoms with Crippen LogP contribution in [0.15, 0.2) is 4.52 Å². The normalized spacial score (nSPS) is 27.1. The molecule has 1 aliphatic carbocycles. The number of likely N-dealkylation sites (N-methyl/N-ethyl adjacent to an activating group) is 1. The minimum Gasteiger partial charge on any atom is -0.339 e. The van der Waals surface area contributed by atoms with Gasteiger partial charge in [-0.1, -0.05) is 30.8 Å². The molecule has 3 heterocycles. The molecule has 0 unspecified atom stereocenters. The van der Waals surface area contributed by atoms with Crippen molar-refractivity contribution in [3.8, 4) is 0 Å². The van der Waals surface area contributed by atoms with E-state index in [4.69, 9.17) is 9.51 Å². The second kappa shape index (κ2) is 8.69. The Labute approximate surface area is 162 Å². The van der Waals surface area contributed by atoms with Gasteiger partial charge < -0.3 is 14.3 Å². The lowest BCUT2D eigenvalue weighted by Crippen LogP contribution is -2.45. The van der Waals surface area contributed by atoms with Gasteiger partial charge in [-0.05, 0) is 26.3 Å². The summed E-state index contributed by atoms with van der Waals surface area (Å²) in [5, 5.41) is 4.23. The first kappa shape index (κ1) is 18.9. The number of carbonyl (C=O) groups excluding carboxylic acids is 1. The quantitative estimate of drug-likeness (QED) is 0.752. The summed E-state index contributed by atoms with van der Waals surface area (Å²) in [6.07, 6.45) is 8.84. The third-order valence-electron chi connectivity index (χ3n) is 6.50. The maximum atomic E-state index is 12.5. The molecule has 4 rings (SSSR count). The predicted molar refractivity (Wildman–Crippen MR) is 102 cm³/mol. The highest BCUT2D eigenvalue weighted by atomic mass is 16.5. The molecule has 0 spiro atoms. The Bertz CT molecular complexity index is 618. The van der Waals surface area contributed by atoms with Gasteiger partial charge in [0.15, 0.2) is 5.82 Å². The van der Waals surface area contributed by atoms with Gasteiger partial charge in [0.1, 0.15) is 0 Å². The Morgan fingerprint density at radius 3 is 2.52 bits per heavy atom. The number of carbonyl (C=O) groups is 1. The summed E-state index contributed by atoms with van der Waals surface area (Å²) in [5.41, 5.74) is 0. The van der Waals surface area contributed by atoms with E-state index in [0.29, 0.717) is 18.4 Å². The zero-order valence-corrected chi connectivity index (χ0v) is 16.6. The fourth-order valence-corrected chi connectivity index (χ4v) is 4.70. The van der Waals surface area contributed by atoms with Crippen LogP contribution in [-0.2, 0) is 11.3 Å². The number of rotatable bonds is 4. The zero-order valence-electron chi connectivity index (χ0n) is 16.6. The van der Waals surface area contributed by atoms with Crippen molar-refractivity contribution in [2.45, 2.75) is 69.9 Å². The topological polar surface area (TPSA) is 65.7 Å². The average molecular weight is 376 g/mol. The highest BCUT2D eigenvalue weighted by molar-refractivity contribution is 5.77. The van der Waals surface area contributed by atoms with E-state index in [1.54, 1.807) is 0 Å². The predicted octanol–water partition coefficient (Wildman–Crippen LogP) is 2.25. The van der Waals surface area contributed by atoms with Crippen molar-refractivity contribution in [2.24, 2.45) is 0 Å². The first-order chi connectivity index (χ1) is 13.2. The summed E-state index contributed by atoms with van der Waals surface area (Å²) in [4.78, 5) is 24.1. The fraction of sp³-hybridized carbons (Fsp3) is 0.850. The lowest BCUT2D eigenvalue weighted by molar-refractivity contribution is -0.136. The number of amides is 1. The number of nitrogens with zero attached hydrogens (tertiary/aromatic N) is 5. The number of aromatic nitrogens is 2. The van der Waals surface area contributed by atoms with Crippen LogP contribution in [0.1, 0.15) is 69.0 Å². The summed E-state index contributed by atoms with van der Waals surface area (Å²) in [5.74, 6) is 2.02. The van der Waals surface area contributed by atoms with Gasteiger partial charge in [-0.25, -0.2) is 0 Å². The Hall–Kier alpha value is -1.47. The van der Waals surface area contributed by atoms with Crippen LogP contribution >= 0.6 is 0 Å². The minimum absolute atomic E-state index is 0.194. The first-order valence-electron chi connectivity index (χ1n) is 10.7. The van der Waals surface area contributed by atoms with Gasteiger partial charge in [0.25, 0.3) is 0 Å². The van der Waals surface area contributed by atoms with Gasteiger partial charge in [0.05, 0.1) is 12.5 Å². The summed E-state index contributed by atoms with van der Waals surface area (Å²) in [6, 6.07) is 0.413. The lowest BCUT2D eigenvalue weighted by Gasteiger charge is -2.37. The second-order valence-corrected chi connectivity index (χ2v) is 8.56. The molecule has 2 aliphatic heterocycles. The highest BCUT2D eigenvalue weighted by Gasteiger charge is 2.34. The molecule has 0 N–H and O–H groups in total. The van der Waals surface area contributed by atoms with Crippen molar-refractivity contribution >= 4 is 5.91 Å². The van der Waals surface area contributed by atoms with E-state index in [1.165, 1.54) is 25.7 Å². The maximum Gasteiger partial charge on any atom is 0.231 e. The van der Waals surface area contributed by atoms with E-state index in [-0.39, 0.29) is 5.92 Å². The SMILES string of the molecule is CN1CCN(Cc2noc([C@H]3CCC(=O)N(C4CCCCCC4)C3)n2)CC1. The van der Waals surface area contributed by atoms with E-state index in [2.05, 4.69) is 26.9 Å². The summed E-state index contributed by atoms with van der Waals surface area (Å²) >= 11 is 0. The largest absolute Gasteiger partial charge is 0.339 e. The fourth-order valence-electron chi connectivity index (χ4n) is 4.70. The van der Waals surface area contributed by atoms with Gasteiger partial charge in [-0.15, -0.1) is 0 Å². The van der Waals surface area contributed by atoms with Crippen molar-refractivity contribution in [3.63, 3.8) is 0 Å². The number of hydrogen-bond acceptors (Lipinski definition) is 6. The molecule has 7 nitrogen and oxygen atoms in total. The highest BCUT2D eigenvalue weighted by Crippen LogP contribution is 2.31. The molecule has 1 aromatic rings. The van der Waals surface area contributed by atoms with E-state index >= 15 is 0 Å². The molecule has 150 valence electrons. The molecular formula is C20H33N5O2. The second-order valence-electron chi connectivity index (χ2n) is 8.56. The van der Waals surface area contributed by atoms with Crippen LogP contribution in [-0.4, -0.2) is 76.6 Å². The van der Waals surface area contributed by atoms with Crippen LogP contribution in [0.4, 0.5) is 0 Å². The van der Waals surface area contributed by atoms with E-state index in [9.17, 15) is 4.79 Å². The molecule has 0 bridgehead atoms. The number of hydrogen-bond donors (Lipinski definition) is 0. The van der Waals surface area contributed by atoms with Gasteiger partial charge in [-0.3, -0.25) is 9.69 Å². The van der Waals surface area contributed by atoms with Crippen molar-refractivity contribution in [2.75, 3.05) is 39.8 Å². The van der Waals surface area contributed by atoms with Crippen molar-refractivity contribution in [1.82, 2.24) is 24.8 Å². The van der Waals surface area contributed by atoms with Crippen LogP contribution < -0.4 is 0 Å². The number of likely N-dealkylation sites (tertiary alicyclic amines) is 1. The van der Waals surface area contributed by atoms with Gasteiger partial charge >= 0.3 is 0 Å². The molecule has 0 radical (unpaired) electrons. The monoisotopic (exact) mass is 375 g/mol. The molecule has 1 aromatic heterocycles. The Kier molecular flexibility index (Phi) is 6.08. The Balaban J connectivity index is 1.36. The van der Waals surface area contributed by atoms with Crippen LogP contribution in [0.25, 0.3) is 0 Å².